The van der Waals surface area contributed by atoms with E-state index in [4.69, 9.17) is 9.84 Å². The molecule has 1 heterocycles. The highest BCUT2D eigenvalue weighted by Crippen LogP contribution is 2.17. The van der Waals surface area contributed by atoms with E-state index >= 15 is 0 Å². The summed E-state index contributed by atoms with van der Waals surface area (Å²) in [6, 6.07) is 9.86. The van der Waals surface area contributed by atoms with Gasteiger partial charge in [-0.25, -0.2) is 0 Å². The number of carbonyl (C=O) groups is 2. The van der Waals surface area contributed by atoms with Crippen LogP contribution in [0.4, 0.5) is 0 Å². The van der Waals surface area contributed by atoms with Gasteiger partial charge in [-0.1, -0.05) is 30.3 Å². The van der Waals surface area contributed by atoms with Crippen molar-refractivity contribution in [1.82, 2.24) is 4.90 Å². The zero-order valence-corrected chi connectivity index (χ0v) is 14.3. The molecule has 1 unspecified atom stereocenters. The maximum atomic E-state index is 10.8. The van der Waals surface area contributed by atoms with Crippen LogP contribution in [0.1, 0.15) is 12.0 Å². The van der Waals surface area contributed by atoms with E-state index in [1.165, 1.54) is 5.56 Å². The number of likely N-dealkylation sites (N-methyl/N-ethyl adjacent to an activating group) is 1. The third-order valence-electron chi connectivity index (χ3n) is 3.40. The molecule has 0 bridgehead atoms. The molecule has 0 saturated carbocycles. The van der Waals surface area contributed by atoms with Crippen molar-refractivity contribution >= 4 is 24.0 Å². The lowest BCUT2D eigenvalue weighted by atomic mass is 10.1. The monoisotopic (exact) mass is 339 g/mol. The topological polar surface area (TPSA) is 66.8 Å². The van der Waals surface area contributed by atoms with Crippen LogP contribution >= 0.6 is 11.8 Å². The number of thioether (sulfide) groups is 1. The second-order valence-corrected chi connectivity index (χ2v) is 6.38. The molecule has 6 heteroatoms. The lowest BCUT2D eigenvalue weighted by Crippen LogP contribution is -2.32. The van der Waals surface area contributed by atoms with E-state index in [-0.39, 0.29) is 6.42 Å². The number of carboxylic acid groups (broad SMARTS) is 1. The van der Waals surface area contributed by atoms with Crippen LogP contribution in [0.25, 0.3) is 0 Å². The van der Waals surface area contributed by atoms with Crippen LogP contribution in [-0.2, 0) is 20.1 Å². The molecule has 1 N–H and O–H groups in total. The van der Waals surface area contributed by atoms with Crippen molar-refractivity contribution in [2.24, 2.45) is 5.92 Å². The highest BCUT2D eigenvalue weighted by Gasteiger charge is 2.16. The Hall–Kier alpha value is -1.37. The third kappa shape index (κ3) is 9.38. The van der Waals surface area contributed by atoms with Crippen molar-refractivity contribution in [1.29, 1.82) is 0 Å². The summed E-state index contributed by atoms with van der Waals surface area (Å²) in [4.78, 5) is 23.3. The number of morpholine rings is 1. The number of nitrogens with zero attached hydrogens (tertiary/aromatic N) is 1. The first-order valence-electron chi connectivity index (χ1n) is 7.68. The second-order valence-electron chi connectivity index (χ2n) is 5.35. The summed E-state index contributed by atoms with van der Waals surface area (Å²) < 4.78 is 5.10. The average molecular weight is 339 g/mol. The fraction of sp³-hybridized carbons (Fsp3) is 0.529. The summed E-state index contributed by atoms with van der Waals surface area (Å²) in [5.41, 5.74) is 1.17. The van der Waals surface area contributed by atoms with Crippen molar-refractivity contribution in [3.63, 3.8) is 0 Å². The van der Waals surface area contributed by atoms with Gasteiger partial charge >= 0.3 is 5.97 Å². The predicted octanol–water partition coefficient (Wildman–Crippen LogP) is 2.16. The fourth-order valence-electron chi connectivity index (χ4n) is 1.90. The maximum absolute atomic E-state index is 10.8. The largest absolute Gasteiger partial charge is 0.481 e. The molecule has 0 amide bonds. The van der Waals surface area contributed by atoms with E-state index in [0.717, 1.165) is 32.1 Å². The van der Waals surface area contributed by atoms with Crippen molar-refractivity contribution in [3.8, 4) is 0 Å². The smallest absolute Gasteiger partial charge is 0.307 e. The van der Waals surface area contributed by atoms with E-state index in [2.05, 4.69) is 11.9 Å². The zero-order valence-electron chi connectivity index (χ0n) is 13.5. The van der Waals surface area contributed by atoms with Crippen LogP contribution in [0.2, 0.25) is 0 Å². The maximum Gasteiger partial charge on any atom is 0.307 e. The summed E-state index contributed by atoms with van der Waals surface area (Å²) in [6.45, 7) is 4.02. The van der Waals surface area contributed by atoms with E-state index in [0.29, 0.717) is 12.0 Å². The SMILES string of the molecule is CN1CCOCC1.O=CCC(CSCc1ccccc1)C(=O)O. The number of aldehydes is 1. The summed E-state index contributed by atoms with van der Waals surface area (Å²) in [5, 5.41) is 8.83. The van der Waals surface area contributed by atoms with Crippen molar-refractivity contribution in [3.05, 3.63) is 35.9 Å². The Bertz CT molecular complexity index is 449. The van der Waals surface area contributed by atoms with Gasteiger partial charge in [-0.2, -0.15) is 11.8 Å². The van der Waals surface area contributed by atoms with Crippen molar-refractivity contribution in [2.45, 2.75) is 12.2 Å². The van der Waals surface area contributed by atoms with Gasteiger partial charge in [0.25, 0.3) is 0 Å². The van der Waals surface area contributed by atoms with E-state index in [1.54, 1.807) is 11.8 Å². The van der Waals surface area contributed by atoms with E-state index in [1.807, 2.05) is 30.3 Å². The number of rotatable bonds is 7. The van der Waals surface area contributed by atoms with Gasteiger partial charge in [-0.05, 0) is 12.6 Å². The molecule has 0 radical (unpaired) electrons. The molecule has 0 aliphatic carbocycles. The highest BCUT2D eigenvalue weighted by atomic mass is 32.2. The third-order valence-corrected chi connectivity index (χ3v) is 4.57. The molecule has 23 heavy (non-hydrogen) atoms. The number of hydrogen-bond donors (Lipinski definition) is 1. The predicted molar refractivity (Wildman–Crippen MR) is 92.7 cm³/mol. The summed E-state index contributed by atoms with van der Waals surface area (Å²) in [5.74, 6) is -0.203. The zero-order chi connectivity index (χ0) is 16.9. The van der Waals surface area contributed by atoms with Crippen molar-refractivity contribution in [2.75, 3.05) is 39.1 Å². The fourth-order valence-corrected chi connectivity index (χ4v) is 3.01. The van der Waals surface area contributed by atoms with Crippen LogP contribution in [-0.4, -0.2) is 61.4 Å². The average Bonchev–Trinajstić information content (AvgIpc) is 2.56. The Labute approximate surface area is 142 Å². The van der Waals surface area contributed by atoms with Crippen LogP contribution in [0.3, 0.4) is 0 Å². The van der Waals surface area contributed by atoms with Gasteiger partial charge in [-0.15, -0.1) is 0 Å². The summed E-state index contributed by atoms with van der Waals surface area (Å²) in [6.07, 6.45) is 0.763. The van der Waals surface area contributed by atoms with Gasteiger partial charge in [0.15, 0.2) is 0 Å². The van der Waals surface area contributed by atoms with Crippen molar-refractivity contribution < 1.29 is 19.4 Å². The molecule has 1 aromatic rings. The van der Waals surface area contributed by atoms with Gasteiger partial charge in [-0.3, -0.25) is 4.79 Å². The van der Waals surface area contributed by atoms with Crippen LogP contribution in [0.15, 0.2) is 30.3 Å². The molecule has 1 aliphatic heterocycles. The molecule has 0 spiro atoms. The van der Waals surface area contributed by atoms with Crippen LogP contribution in [0.5, 0.6) is 0 Å². The standard InChI is InChI=1S/C12H14O3S.C5H11NO/c13-7-6-11(12(14)15)9-16-8-10-4-2-1-3-5-10;1-6-2-4-7-5-3-6/h1-5,7,11H,6,8-9H2,(H,14,15);2-5H2,1H3. The number of ether oxygens (including phenoxy) is 1. The number of benzene rings is 1. The minimum atomic E-state index is -0.896. The van der Waals surface area contributed by atoms with Gasteiger partial charge < -0.3 is 19.5 Å². The first-order chi connectivity index (χ1) is 11.1. The van der Waals surface area contributed by atoms with E-state index < -0.39 is 11.9 Å². The minimum Gasteiger partial charge on any atom is -0.481 e. The number of aliphatic carboxylic acids is 1. The van der Waals surface area contributed by atoms with Gasteiger partial charge in [0.05, 0.1) is 19.1 Å². The Morgan fingerprint density at radius 2 is 2.00 bits per heavy atom. The molecule has 5 nitrogen and oxygen atoms in total. The van der Waals surface area contributed by atoms with Gasteiger partial charge in [0.2, 0.25) is 0 Å². The van der Waals surface area contributed by atoms with Gasteiger partial charge in [0, 0.05) is 31.0 Å². The molecule has 128 valence electrons. The molecule has 1 atom stereocenters. The molecular formula is C17H25NO4S. The van der Waals surface area contributed by atoms with Crippen LogP contribution in [0, 0.1) is 5.92 Å². The Morgan fingerprint density at radius 3 is 2.48 bits per heavy atom. The number of carboxylic acids is 1. The number of hydrogen-bond acceptors (Lipinski definition) is 5. The Kier molecular flexibility index (Phi) is 10.4. The number of carbonyl (C=O) groups excluding carboxylic acids is 1. The first kappa shape index (κ1) is 19.7. The first-order valence-corrected chi connectivity index (χ1v) is 8.83. The molecule has 2 rings (SSSR count). The normalized spacial score (nSPS) is 16.0. The molecule has 1 aromatic carbocycles. The molecule has 1 saturated heterocycles. The van der Waals surface area contributed by atoms with Gasteiger partial charge in [0.1, 0.15) is 6.29 Å². The molecule has 1 aliphatic rings. The van der Waals surface area contributed by atoms with E-state index in [9.17, 15) is 9.59 Å². The molecular weight excluding hydrogens is 314 g/mol. The quantitative estimate of drug-likeness (QED) is 0.768. The van der Waals surface area contributed by atoms with Crippen LogP contribution < -0.4 is 0 Å². The molecule has 0 aromatic heterocycles. The lowest BCUT2D eigenvalue weighted by molar-refractivity contribution is -0.141. The second kappa shape index (κ2) is 12.1. The highest BCUT2D eigenvalue weighted by molar-refractivity contribution is 7.98. The lowest BCUT2D eigenvalue weighted by Gasteiger charge is -2.21. The summed E-state index contributed by atoms with van der Waals surface area (Å²) in [7, 11) is 2.11. The Morgan fingerprint density at radius 1 is 1.35 bits per heavy atom. The Balaban J connectivity index is 0.000000313. The minimum absolute atomic E-state index is 0.0944. The molecule has 1 fully saturated rings. The summed E-state index contributed by atoms with van der Waals surface area (Å²) >= 11 is 1.54.